The highest BCUT2D eigenvalue weighted by atomic mass is 19.1. The summed E-state index contributed by atoms with van der Waals surface area (Å²) in [6, 6.07) is 15.8. The van der Waals surface area contributed by atoms with E-state index >= 15 is 0 Å². The number of piperazine rings is 1. The van der Waals surface area contributed by atoms with Crippen molar-refractivity contribution in [1.82, 2.24) is 14.7 Å². The monoisotopic (exact) mass is 437 g/mol. The molecule has 32 heavy (non-hydrogen) atoms. The second-order valence-electron chi connectivity index (χ2n) is 7.28. The Hall–Kier alpha value is -3.88. The van der Waals surface area contributed by atoms with Crippen LogP contribution in [0.3, 0.4) is 0 Å². The summed E-state index contributed by atoms with van der Waals surface area (Å²) in [7, 11) is 0. The number of ether oxygens (including phenoxy) is 1. The molecule has 0 bridgehead atoms. The molecular weight excluding hydrogens is 413 g/mol. The fourth-order valence-corrected chi connectivity index (χ4v) is 3.48. The first kappa shape index (κ1) is 21.4. The van der Waals surface area contributed by atoms with Crippen molar-refractivity contribution in [3.8, 4) is 11.4 Å². The van der Waals surface area contributed by atoms with Crippen molar-refractivity contribution in [2.45, 2.75) is 6.92 Å². The lowest BCUT2D eigenvalue weighted by Gasteiger charge is -2.35. The van der Waals surface area contributed by atoms with E-state index in [1.165, 1.54) is 35.0 Å². The zero-order valence-corrected chi connectivity index (χ0v) is 17.7. The van der Waals surface area contributed by atoms with Crippen LogP contribution in [0, 0.1) is 5.82 Å². The number of carbonyl (C=O) groups excluding carboxylic acids is 1. The van der Waals surface area contributed by atoms with Gasteiger partial charge in [-0.15, -0.1) is 5.10 Å². The van der Waals surface area contributed by atoms with Crippen molar-refractivity contribution in [2.75, 3.05) is 43.0 Å². The number of nitrogens with one attached hydrogen (secondary N) is 1. The summed E-state index contributed by atoms with van der Waals surface area (Å²) in [5.41, 5.74) is 0.897. The SMILES string of the molecule is CCOc1ccc(NC(=O)N2CCN(c3ccc(=O)n(-c4ccc(F)cc4)n3)CC2)cc1. The summed E-state index contributed by atoms with van der Waals surface area (Å²) in [4.78, 5) is 28.6. The second kappa shape index (κ2) is 9.51. The maximum Gasteiger partial charge on any atom is 0.321 e. The average molecular weight is 437 g/mol. The quantitative estimate of drug-likeness (QED) is 0.664. The summed E-state index contributed by atoms with van der Waals surface area (Å²) in [6.45, 7) is 4.69. The van der Waals surface area contributed by atoms with Crippen molar-refractivity contribution in [1.29, 1.82) is 0 Å². The molecule has 2 heterocycles. The van der Waals surface area contributed by atoms with Gasteiger partial charge in [0.1, 0.15) is 17.4 Å². The Kier molecular flexibility index (Phi) is 6.34. The number of anilines is 2. The van der Waals surface area contributed by atoms with Crippen molar-refractivity contribution < 1.29 is 13.9 Å². The molecule has 1 aliphatic heterocycles. The molecule has 0 atom stereocenters. The standard InChI is InChI=1S/C23H24FN5O3/c1-2-32-20-9-5-18(6-10-20)25-23(31)28-15-13-27(14-16-28)21-11-12-22(30)29(26-21)19-7-3-17(24)4-8-19/h3-12H,2,13-16H2,1H3,(H,25,31). The minimum Gasteiger partial charge on any atom is -0.494 e. The lowest BCUT2D eigenvalue weighted by Crippen LogP contribution is -2.50. The van der Waals surface area contributed by atoms with E-state index in [4.69, 9.17) is 4.74 Å². The van der Waals surface area contributed by atoms with E-state index in [1.54, 1.807) is 11.0 Å². The van der Waals surface area contributed by atoms with E-state index < -0.39 is 0 Å². The van der Waals surface area contributed by atoms with Crippen LogP contribution in [0.25, 0.3) is 5.69 Å². The molecule has 1 aromatic heterocycles. The second-order valence-corrected chi connectivity index (χ2v) is 7.28. The van der Waals surface area contributed by atoms with E-state index in [0.29, 0.717) is 50.0 Å². The van der Waals surface area contributed by atoms with Gasteiger partial charge in [0.2, 0.25) is 0 Å². The highest BCUT2D eigenvalue weighted by Gasteiger charge is 2.22. The van der Waals surface area contributed by atoms with Crippen LogP contribution >= 0.6 is 0 Å². The van der Waals surface area contributed by atoms with Crippen LogP contribution in [0.2, 0.25) is 0 Å². The van der Waals surface area contributed by atoms with Crippen LogP contribution < -0.4 is 20.5 Å². The van der Waals surface area contributed by atoms with Crippen LogP contribution in [0.1, 0.15) is 6.92 Å². The molecular formula is C23H24FN5O3. The normalized spacial score (nSPS) is 13.7. The number of amides is 2. The number of nitrogens with zero attached hydrogens (tertiary/aromatic N) is 4. The lowest BCUT2D eigenvalue weighted by molar-refractivity contribution is 0.208. The third-order valence-corrected chi connectivity index (χ3v) is 5.16. The third kappa shape index (κ3) is 4.88. The first-order chi connectivity index (χ1) is 15.5. The largest absolute Gasteiger partial charge is 0.494 e. The van der Waals surface area contributed by atoms with Gasteiger partial charge in [-0.25, -0.2) is 9.18 Å². The van der Waals surface area contributed by atoms with Gasteiger partial charge >= 0.3 is 6.03 Å². The predicted octanol–water partition coefficient (Wildman–Crippen LogP) is 3.12. The zero-order chi connectivity index (χ0) is 22.5. The van der Waals surface area contributed by atoms with Crippen LogP contribution in [-0.2, 0) is 0 Å². The van der Waals surface area contributed by atoms with Crippen molar-refractivity contribution in [3.05, 3.63) is 76.8 Å². The van der Waals surface area contributed by atoms with Gasteiger partial charge in [0.15, 0.2) is 0 Å². The number of halogens is 1. The highest BCUT2D eigenvalue weighted by Crippen LogP contribution is 2.18. The molecule has 2 amide bonds. The summed E-state index contributed by atoms with van der Waals surface area (Å²) in [5.74, 6) is 1.01. The number of urea groups is 1. The van der Waals surface area contributed by atoms with E-state index in [2.05, 4.69) is 10.4 Å². The van der Waals surface area contributed by atoms with E-state index in [1.807, 2.05) is 36.1 Å². The van der Waals surface area contributed by atoms with E-state index in [9.17, 15) is 14.0 Å². The van der Waals surface area contributed by atoms with Gasteiger partial charge in [0.05, 0.1) is 12.3 Å². The Labute approximate surface area is 184 Å². The van der Waals surface area contributed by atoms with Gasteiger partial charge in [-0.05, 0) is 61.5 Å². The molecule has 9 heteroatoms. The molecule has 1 aliphatic rings. The molecule has 4 rings (SSSR count). The molecule has 0 aliphatic carbocycles. The fourth-order valence-electron chi connectivity index (χ4n) is 3.48. The molecule has 1 saturated heterocycles. The number of rotatable bonds is 5. The highest BCUT2D eigenvalue weighted by molar-refractivity contribution is 5.89. The number of carbonyl (C=O) groups is 1. The lowest BCUT2D eigenvalue weighted by atomic mass is 10.3. The van der Waals surface area contributed by atoms with E-state index in [-0.39, 0.29) is 17.4 Å². The molecule has 166 valence electrons. The molecule has 0 unspecified atom stereocenters. The Balaban J connectivity index is 1.38. The van der Waals surface area contributed by atoms with Crippen LogP contribution in [0.5, 0.6) is 5.75 Å². The maximum absolute atomic E-state index is 13.2. The summed E-state index contributed by atoms with van der Waals surface area (Å²) in [6.07, 6.45) is 0. The number of aromatic nitrogens is 2. The molecule has 0 saturated carbocycles. The van der Waals surface area contributed by atoms with Gasteiger partial charge < -0.3 is 19.9 Å². The minimum absolute atomic E-state index is 0.168. The molecule has 1 fully saturated rings. The fraction of sp³-hybridized carbons (Fsp3) is 0.261. The molecule has 0 spiro atoms. The molecule has 2 aromatic carbocycles. The average Bonchev–Trinajstić information content (AvgIpc) is 2.82. The van der Waals surface area contributed by atoms with Gasteiger partial charge in [-0.2, -0.15) is 4.68 Å². The third-order valence-electron chi connectivity index (χ3n) is 5.16. The Morgan fingerprint density at radius 3 is 2.34 bits per heavy atom. The number of benzene rings is 2. The molecule has 0 radical (unpaired) electrons. The summed E-state index contributed by atoms with van der Waals surface area (Å²) < 4.78 is 19.9. The Morgan fingerprint density at radius 1 is 1.00 bits per heavy atom. The predicted molar refractivity (Wildman–Crippen MR) is 120 cm³/mol. The number of hydrogen-bond acceptors (Lipinski definition) is 5. The topological polar surface area (TPSA) is 79.7 Å². The van der Waals surface area contributed by atoms with Gasteiger partial charge in [0.25, 0.3) is 5.56 Å². The molecule has 8 nitrogen and oxygen atoms in total. The van der Waals surface area contributed by atoms with Crippen molar-refractivity contribution >= 4 is 17.5 Å². The zero-order valence-electron chi connectivity index (χ0n) is 17.7. The van der Waals surface area contributed by atoms with Gasteiger partial charge in [-0.1, -0.05) is 0 Å². The van der Waals surface area contributed by atoms with Gasteiger partial charge in [0, 0.05) is 37.9 Å². The van der Waals surface area contributed by atoms with Crippen LogP contribution in [0.15, 0.2) is 65.5 Å². The molecule has 1 N–H and O–H groups in total. The summed E-state index contributed by atoms with van der Waals surface area (Å²) in [5, 5.41) is 7.33. The first-order valence-electron chi connectivity index (χ1n) is 10.4. The van der Waals surface area contributed by atoms with Crippen LogP contribution in [-0.4, -0.2) is 53.5 Å². The first-order valence-corrected chi connectivity index (χ1v) is 10.4. The minimum atomic E-state index is -0.377. The molecule has 3 aromatic rings. The summed E-state index contributed by atoms with van der Waals surface area (Å²) >= 11 is 0. The van der Waals surface area contributed by atoms with Crippen molar-refractivity contribution in [2.24, 2.45) is 0 Å². The Bertz CT molecular complexity index is 1120. The van der Waals surface area contributed by atoms with Gasteiger partial charge in [-0.3, -0.25) is 4.79 Å². The number of hydrogen-bond donors (Lipinski definition) is 1. The maximum atomic E-state index is 13.2. The van der Waals surface area contributed by atoms with E-state index in [0.717, 1.165) is 5.75 Å². The Morgan fingerprint density at radius 2 is 1.69 bits per heavy atom. The smallest absolute Gasteiger partial charge is 0.321 e. The van der Waals surface area contributed by atoms with Crippen LogP contribution in [0.4, 0.5) is 20.7 Å². The van der Waals surface area contributed by atoms with Crippen molar-refractivity contribution in [3.63, 3.8) is 0 Å².